The monoisotopic (exact) mass is 163 g/mol. The predicted molar refractivity (Wildman–Crippen MR) is 26.2 cm³/mol. The molecule has 0 saturated heterocycles. The van der Waals surface area contributed by atoms with Gasteiger partial charge in [0.05, 0.1) is 0 Å². The fourth-order valence-electron chi connectivity index (χ4n) is 0.342. The number of rotatable bonds is 0. The molecule has 0 atom stereocenters. The van der Waals surface area contributed by atoms with Gasteiger partial charge in [0.25, 0.3) is 0 Å². The van der Waals surface area contributed by atoms with Gasteiger partial charge in [0.2, 0.25) is 0 Å². The molecule has 0 aromatic heterocycles. The van der Waals surface area contributed by atoms with Crippen molar-refractivity contribution in [2.24, 2.45) is 4.99 Å². The third-order valence-corrected chi connectivity index (χ3v) is 1.10. The van der Waals surface area contributed by atoms with Crippen molar-refractivity contribution < 1.29 is 4.79 Å². The van der Waals surface area contributed by atoms with Crippen molar-refractivity contribution in [3.63, 3.8) is 0 Å². The summed E-state index contributed by atoms with van der Waals surface area (Å²) in [6.07, 6.45) is 0. The first-order valence-corrected chi connectivity index (χ1v) is 2.66. The Morgan fingerprint density at radius 3 is 2.71 bits per heavy atom. The van der Waals surface area contributed by atoms with Crippen LogP contribution in [0.1, 0.15) is 0 Å². The van der Waals surface area contributed by atoms with Gasteiger partial charge >= 0.3 is 48.3 Å². The Hall–Kier alpha value is -0.341. The molecule has 0 aromatic rings. The van der Waals surface area contributed by atoms with Crippen LogP contribution in [0.3, 0.4) is 0 Å². The first-order chi connectivity index (χ1) is 3.29. The molecule has 0 bridgehead atoms. The summed E-state index contributed by atoms with van der Waals surface area (Å²) >= 11 is 2.59. The molecule has 0 aromatic carbocycles. The second-order valence-electron chi connectivity index (χ2n) is 1.17. The summed E-state index contributed by atoms with van der Waals surface area (Å²) < 4.78 is 0.602. The van der Waals surface area contributed by atoms with Crippen molar-refractivity contribution in [2.75, 3.05) is 6.54 Å². The molecule has 37 valence electrons. The molecule has 0 saturated carbocycles. The van der Waals surface area contributed by atoms with Crippen molar-refractivity contribution in [1.82, 2.24) is 5.32 Å². The quantitative estimate of drug-likeness (QED) is 0.439. The first kappa shape index (κ1) is 4.81. The average molecular weight is 162 g/mol. The van der Waals surface area contributed by atoms with E-state index in [1.54, 1.807) is 0 Å². The van der Waals surface area contributed by atoms with E-state index in [4.69, 9.17) is 0 Å². The molecule has 1 aliphatic heterocycles. The maximum atomic E-state index is 10.2. The predicted octanol–water partition coefficient (Wildman–Crippen LogP) is -1.36. The van der Waals surface area contributed by atoms with Crippen molar-refractivity contribution in [3.8, 4) is 0 Å². The summed E-state index contributed by atoms with van der Waals surface area (Å²) in [5.74, 6) is -0.0336. The molecule has 7 heavy (non-hydrogen) atoms. The van der Waals surface area contributed by atoms with Crippen LogP contribution in [0.25, 0.3) is 0 Å². The minimum atomic E-state index is -0.0336. The van der Waals surface area contributed by atoms with E-state index in [1.165, 1.54) is 0 Å². The van der Waals surface area contributed by atoms with Gasteiger partial charge in [-0.1, -0.05) is 0 Å². The normalized spacial score (nSPS) is 18.9. The van der Waals surface area contributed by atoms with Crippen molar-refractivity contribution >= 4 is 26.7 Å². The van der Waals surface area contributed by atoms with E-state index in [2.05, 4.69) is 26.3 Å². The number of amides is 1. The summed E-state index contributed by atoms with van der Waals surface area (Å²) in [6, 6.07) is 0. The van der Waals surface area contributed by atoms with Gasteiger partial charge < -0.3 is 0 Å². The number of hydrogen-bond donors (Lipinski definition) is 1. The second-order valence-corrected chi connectivity index (χ2v) is 1.98. The fraction of sp³-hybridized carbons (Fsp3) is 0.333. The standard InChI is InChI=1S/C3H3N2OSe/c6-2-1-4-3(7)5-2/h1H2,(H,4,5,6). The molecule has 0 spiro atoms. The first-order valence-electron chi connectivity index (χ1n) is 1.80. The Bertz CT molecular complexity index is 131. The van der Waals surface area contributed by atoms with E-state index in [0.717, 1.165) is 0 Å². The number of amidine groups is 1. The van der Waals surface area contributed by atoms with Crippen molar-refractivity contribution in [1.29, 1.82) is 0 Å². The molecule has 1 rings (SSSR count). The zero-order valence-corrected chi connectivity index (χ0v) is 5.18. The third kappa shape index (κ3) is 1.01. The van der Waals surface area contributed by atoms with E-state index in [-0.39, 0.29) is 12.5 Å². The maximum absolute atomic E-state index is 10.2. The van der Waals surface area contributed by atoms with Crippen LogP contribution < -0.4 is 5.32 Å². The number of nitrogens with one attached hydrogen (secondary N) is 1. The zero-order chi connectivity index (χ0) is 5.28. The summed E-state index contributed by atoms with van der Waals surface area (Å²) in [5.41, 5.74) is 0. The molecule has 1 N–H and O–H groups in total. The number of carbonyl (C=O) groups excluding carboxylic acids is 1. The number of aliphatic imine (C=N–C) groups is 1. The molecular formula is C3H3N2OSe. The molecule has 4 heteroatoms. The SMILES string of the molecule is O=C1CN=C([Se])N1. The van der Waals surface area contributed by atoms with Gasteiger partial charge in [0, 0.05) is 0 Å². The second kappa shape index (κ2) is 1.64. The Balaban J connectivity index is 2.58. The van der Waals surface area contributed by atoms with Gasteiger partial charge in [0.15, 0.2) is 0 Å². The summed E-state index contributed by atoms with van der Waals surface area (Å²) in [4.78, 5) is 13.9. The van der Waals surface area contributed by atoms with Gasteiger partial charge in [-0.05, 0) is 0 Å². The van der Waals surface area contributed by atoms with Crippen LogP contribution in [0.2, 0.25) is 0 Å². The van der Waals surface area contributed by atoms with Crippen molar-refractivity contribution in [2.45, 2.75) is 0 Å². The van der Waals surface area contributed by atoms with Crippen LogP contribution in [-0.2, 0) is 4.79 Å². The molecule has 0 aliphatic carbocycles. The summed E-state index contributed by atoms with van der Waals surface area (Å²) in [7, 11) is 0. The van der Waals surface area contributed by atoms with Crippen LogP contribution in [0.5, 0.6) is 0 Å². The number of hydrogen-bond acceptors (Lipinski definition) is 2. The van der Waals surface area contributed by atoms with Gasteiger partial charge in [-0.25, -0.2) is 0 Å². The van der Waals surface area contributed by atoms with E-state index in [9.17, 15) is 4.79 Å². The summed E-state index contributed by atoms with van der Waals surface area (Å²) in [6.45, 7) is 0.280. The molecule has 1 amide bonds. The van der Waals surface area contributed by atoms with Gasteiger partial charge in [-0.15, -0.1) is 0 Å². The van der Waals surface area contributed by atoms with Crippen LogP contribution in [0.15, 0.2) is 4.99 Å². The average Bonchev–Trinajstić information content (AvgIpc) is 1.87. The Labute approximate surface area is 49.0 Å². The van der Waals surface area contributed by atoms with Crippen molar-refractivity contribution in [3.05, 3.63) is 0 Å². The van der Waals surface area contributed by atoms with E-state index in [1.807, 2.05) is 0 Å². The van der Waals surface area contributed by atoms with Crippen LogP contribution in [0.4, 0.5) is 0 Å². The minimum absolute atomic E-state index is 0.0336. The molecule has 3 nitrogen and oxygen atoms in total. The van der Waals surface area contributed by atoms with E-state index >= 15 is 0 Å². The Kier molecular flexibility index (Phi) is 1.13. The topological polar surface area (TPSA) is 41.5 Å². The Morgan fingerprint density at radius 1 is 1.86 bits per heavy atom. The molecule has 0 unspecified atom stereocenters. The number of nitrogens with zero attached hydrogens (tertiary/aromatic N) is 1. The van der Waals surface area contributed by atoms with Gasteiger partial charge in [-0.2, -0.15) is 0 Å². The number of carbonyl (C=O) groups is 1. The molecule has 0 fully saturated rings. The third-order valence-electron chi connectivity index (χ3n) is 0.613. The summed E-state index contributed by atoms with van der Waals surface area (Å²) in [5, 5.41) is 2.47. The van der Waals surface area contributed by atoms with Crippen LogP contribution in [-0.4, -0.2) is 33.2 Å². The van der Waals surface area contributed by atoms with Gasteiger partial charge in [0.1, 0.15) is 0 Å². The van der Waals surface area contributed by atoms with Crippen LogP contribution >= 0.6 is 0 Å². The van der Waals surface area contributed by atoms with Gasteiger partial charge in [-0.3, -0.25) is 0 Å². The molecular weight excluding hydrogens is 159 g/mol. The molecule has 1 aliphatic rings. The molecule has 1 heterocycles. The van der Waals surface area contributed by atoms with E-state index in [0.29, 0.717) is 4.73 Å². The fourth-order valence-corrected chi connectivity index (χ4v) is 0.716. The molecule has 1 radical (unpaired) electrons. The zero-order valence-electron chi connectivity index (χ0n) is 3.47. The van der Waals surface area contributed by atoms with Crippen LogP contribution in [0, 0.1) is 0 Å². The Morgan fingerprint density at radius 2 is 2.57 bits per heavy atom. The van der Waals surface area contributed by atoms with E-state index < -0.39 is 0 Å².